The lowest BCUT2D eigenvalue weighted by molar-refractivity contribution is 0.131. The van der Waals surface area contributed by atoms with Crippen molar-refractivity contribution in [3.63, 3.8) is 0 Å². The molecule has 42 valence electrons. The number of carbonyl (C=O) groups excluding carboxylic acids is 1. The maximum atomic E-state index is 9.80. The van der Waals surface area contributed by atoms with Crippen LogP contribution in [0.25, 0.3) is 0 Å². The number of carbonyl (C=O) groups is 1. The fraction of sp³-hybridized carbons (Fsp3) is 0.667. The van der Waals surface area contributed by atoms with Crippen LogP contribution in [-0.4, -0.2) is 19.4 Å². The normalized spacial score (nSPS) is 16.9. The second-order valence-corrected chi connectivity index (χ2v) is 0.947. The van der Waals surface area contributed by atoms with Gasteiger partial charge in [-0.05, 0) is 0 Å². The van der Waals surface area contributed by atoms with Crippen molar-refractivity contribution in [1.29, 1.82) is 0 Å². The highest BCUT2D eigenvalue weighted by atomic mass is 31.0. The van der Waals surface area contributed by atoms with Crippen molar-refractivity contribution in [3.8, 4) is 0 Å². The first-order valence-electron chi connectivity index (χ1n) is 1.69. The molecule has 3 nitrogen and oxygen atoms in total. The highest BCUT2D eigenvalue weighted by Gasteiger charge is 2.09. The first-order valence-corrected chi connectivity index (χ1v) is 1.69. The molecule has 0 aromatic heterocycles. The zero-order valence-electron chi connectivity index (χ0n) is 3.85. The predicted molar refractivity (Wildman–Crippen MR) is 28.4 cm³/mol. The average Bonchev–Trinajstić information content (AvgIpc) is 1.86. The number of cyclic esters (lactones) is 2. The second-order valence-electron chi connectivity index (χ2n) is 0.947. The Hall–Kier alpha value is -0.300. The Balaban J connectivity index is 0.000000360. The van der Waals surface area contributed by atoms with E-state index >= 15 is 0 Å². The van der Waals surface area contributed by atoms with Crippen molar-refractivity contribution in [3.05, 3.63) is 0 Å². The van der Waals surface area contributed by atoms with E-state index in [0.717, 1.165) is 0 Å². The quantitative estimate of drug-likeness (QED) is 0.340. The number of hydrogen-bond donors (Lipinski definition) is 0. The Kier molecular flexibility index (Phi) is 2.68. The number of hydrogen-bond acceptors (Lipinski definition) is 3. The van der Waals surface area contributed by atoms with E-state index in [-0.39, 0.29) is 9.90 Å². The van der Waals surface area contributed by atoms with Gasteiger partial charge in [-0.1, -0.05) is 0 Å². The fourth-order valence-corrected chi connectivity index (χ4v) is 0.292. The largest absolute Gasteiger partial charge is 0.508 e. The zero-order chi connectivity index (χ0) is 4.41. The lowest BCUT2D eigenvalue weighted by Gasteiger charge is -1.78. The second kappa shape index (κ2) is 2.80. The Bertz CT molecular complexity index is 64.6. The molecule has 0 bridgehead atoms. The lowest BCUT2D eigenvalue weighted by Crippen LogP contribution is -1.88. The molecule has 0 aliphatic carbocycles. The summed E-state index contributed by atoms with van der Waals surface area (Å²) in [4.78, 5) is 9.80. The third-order valence-electron chi connectivity index (χ3n) is 0.523. The molecule has 0 aromatic rings. The molecule has 0 N–H and O–H groups in total. The van der Waals surface area contributed by atoms with Gasteiger partial charge in [-0.2, -0.15) is 9.90 Å². The molecule has 1 atom stereocenters. The molecule has 1 aliphatic rings. The molecular formula is C3H7O3P. The minimum Gasteiger partial charge on any atom is -0.431 e. The monoisotopic (exact) mass is 122 g/mol. The molecule has 1 unspecified atom stereocenters. The van der Waals surface area contributed by atoms with Crippen molar-refractivity contribution in [2.45, 2.75) is 0 Å². The molecule has 0 spiro atoms. The van der Waals surface area contributed by atoms with Crippen molar-refractivity contribution >= 4 is 16.1 Å². The Morgan fingerprint density at radius 2 is 1.71 bits per heavy atom. The number of ether oxygens (including phenoxy) is 2. The van der Waals surface area contributed by atoms with E-state index in [1.807, 2.05) is 0 Å². The molecular weight excluding hydrogens is 115 g/mol. The van der Waals surface area contributed by atoms with Gasteiger partial charge in [0.25, 0.3) is 0 Å². The van der Waals surface area contributed by atoms with E-state index in [0.29, 0.717) is 13.2 Å². The van der Waals surface area contributed by atoms with E-state index in [9.17, 15) is 4.79 Å². The van der Waals surface area contributed by atoms with Gasteiger partial charge in [0.2, 0.25) is 0 Å². The van der Waals surface area contributed by atoms with Gasteiger partial charge in [0.1, 0.15) is 13.2 Å². The first-order chi connectivity index (χ1) is 2.89. The Morgan fingerprint density at radius 1 is 1.29 bits per heavy atom. The zero-order valence-corrected chi connectivity index (χ0v) is 5.26. The Morgan fingerprint density at radius 3 is 1.86 bits per heavy atom. The molecule has 1 heterocycles. The topological polar surface area (TPSA) is 35.5 Å². The van der Waals surface area contributed by atoms with Crippen molar-refractivity contribution in [1.82, 2.24) is 0 Å². The first kappa shape index (κ1) is 6.70. The molecule has 0 aromatic carbocycles. The lowest BCUT2D eigenvalue weighted by atomic mass is 10.8. The minimum atomic E-state index is -0.546. The summed E-state index contributed by atoms with van der Waals surface area (Å²) in [7, 11) is 0. The van der Waals surface area contributed by atoms with Gasteiger partial charge < -0.3 is 9.47 Å². The summed E-state index contributed by atoms with van der Waals surface area (Å²) in [6.45, 7) is 0.831. The van der Waals surface area contributed by atoms with Crippen LogP contribution in [0.4, 0.5) is 4.79 Å². The molecule has 1 aliphatic heterocycles. The summed E-state index contributed by atoms with van der Waals surface area (Å²) >= 11 is 0. The third-order valence-corrected chi connectivity index (χ3v) is 0.523. The summed E-state index contributed by atoms with van der Waals surface area (Å²) in [5.74, 6) is 0. The molecule has 1 fully saturated rings. The van der Waals surface area contributed by atoms with E-state index < -0.39 is 6.16 Å². The van der Waals surface area contributed by atoms with Crippen LogP contribution < -0.4 is 0 Å². The SMILES string of the molecule is O=C1OCCO1.P. The highest BCUT2D eigenvalue weighted by molar-refractivity contribution is 6.92. The van der Waals surface area contributed by atoms with E-state index in [1.165, 1.54) is 0 Å². The van der Waals surface area contributed by atoms with E-state index in [4.69, 9.17) is 0 Å². The van der Waals surface area contributed by atoms with Crippen molar-refractivity contribution in [2.75, 3.05) is 13.2 Å². The van der Waals surface area contributed by atoms with Gasteiger partial charge in [0.15, 0.2) is 0 Å². The van der Waals surface area contributed by atoms with Crippen LogP contribution in [0.15, 0.2) is 0 Å². The maximum absolute atomic E-state index is 9.80. The fourth-order valence-electron chi connectivity index (χ4n) is 0.292. The van der Waals surface area contributed by atoms with E-state index in [2.05, 4.69) is 9.47 Å². The van der Waals surface area contributed by atoms with E-state index in [1.54, 1.807) is 0 Å². The van der Waals surface area contributed by atoms with Crippen LogP contribution in [0.5, 0.6) is 0 Å². The average molecular weight is 122 g/mol. The van der Waals surface area contributed by atoms with Gasteiger partial charge in [-0.15, -0.1) is 0 Å². The maximum Gasteiger partial charge on any atom is 0.508 e. The van der Waals surface area contributed by atoms with Crippen molar-refractivity contribution < 1.29 is 14.3 Å². The minimum absolute atomic E-state index is 0. The van der Waals surface area contributed by atoms with Crippen LogP contribution >= 0.6 is 9.90 Å². The molecule has 7 heavy (non-hydrogen) atoms. The van der Waals surface area contributed by atoms with Crippen LogP contribution in [0.1, 0.15) is 0 Å². The van der Waals surface area contributed by atoms with Crippen LogP contribution in [-0.2, 0) is 9.47 Å². The molecule has 1 rings (SSSR count). The predicted octanol–water partition coefficient (Wildman–Crippen LogP) is 0.211. The standard InChI is InChI=1S/C3H4O3.H3P/c4-3-5-1-2-6-3;/h1-2H2;1H3. The molecule has 0 radical (unpaired) electrons. The molecule has 0 saturated carbocycles. The van der Waals surface area contributed by atoms with Crippen LogP contribution in [0.2, 0.25) is 0 Å². The molecule has 0 amide bonds. The summed E-state index contributed by atoms with van der Waals surface area (Å²) in [5.41, 5.74) is 0. The van der Waals surface area contributed by atoms with Gasteiger partial charge in [-0.25, -0.2) is 4.79 Å². The van der Waals surface area contributed by atoms with Gasteiger partial charge in [0, 0.05) is 0 Å². The smallest absolute Gasteiger partial charge is 0.431 e. The highest BCUT2D eigenvalue weighted by Crippen LogP contribution is 1.92. The van der Waals surface area contributed by atoms with Gasteiger partial charge >= 0.3 is 6.16 Å². The van der Waals surface area contributed by atoms with Crippen LogP contribution in [0, 0.1) is 0 Å². The van der Waals surface area contributed by atoms with Crippen LogP contribution in [0.3, 0.4) is 0 Å². The Labute approximate surface area is 44.6 Å². The summed E-state index contributed by atoms with van der Waals surface area (Å²) < 4.78 is 8.58. The molecule has 1 saturated heterocycles. The number of rotatable bonds is 0. The van der Waals surface area contributed by atoms with Gasteiger partial charge in [-0.3, -0.25) is 0 Å². The van der Waals surface area contributed by atoms with Gasteiger partial charge in [0.05, 0.1) is 0 Å². The molecule has 4 heteroatoms. The summed E-state index contributed by atoms with van der Waals surface area (Å²) in [5, 5.41) is 0. The van der Waals surface area contributed by atoms with Crippen molar-refractivity contribution in [2.24, 2.45) is 0 Å². The summed E-state index contributed by atoms with van der Waals surface area (Å²) in [6.07, 6.45) is -0.546. The third kappa shape index (κ3) is 1.74. The summed E-state index contributed by atoms with van der Waals surface area (Å²) in [6, 6.07) is 0.